The van der Waals surface area contributed by atoms with Crippen molar-refractivity contribution in [2.75, 3.05) is 12.4 Å². The van der Waals surface area contributed by atoms with E-state index in [1.54, 1.807) is 24.5 Å². The number of hydrogen-bond donors (Lipinski definition) is 2. The molecule has 18 heavy (non-hydrogen) atoms. The molecule has 2 aromatic heterocycles. The van der Waals surface area contributed by atoms with Crippen LogP contribution in [0.5, 0.6) is 6.01 Å². The molecule has 7 nitrogen and oxygen atoms in total. The lowest BCUT2D eigenvalue weighted by Crippen LogP contribution is -2.08. The maximum absolute atomic E-state index is 10.4. The van der Waals surface area contributed by atoms with Crippen molar-refractivity contribution in [3.63, 3.8) is 0 Å². The van der Waals surface area contributed by atoms with Gasteiger partial charge in [-0.15, -0.1) is 0 Å². The van der Waals surface area contributed by atoms with Gasteiger partial charge in [0.2, 0.25) is 0 Å². The molecule has 0 unspecified atom stereocenters. The highest BCUT2D eigenvalue weighted by Gasteiger charge is 2.03. The number of carboxylic acid groups (broad SMARTS) is 1. The molecule has 0 fully saturated rings. The second-order valence-electron chi connectivity index (χ2n) is 3.32. The number of aromatic nitrogens is 3. The lowest BCUT2D eigenvalue weighted by Gasteiger charge is -2.03. The van der Waals surface area contributed by atoms with E-state index in [2.05, 4.69) is 20.3 Å². The van der Waals surface area contributed by atoms with Crippen LogP contribution in [-0.2, 0) is 0 Å². The summed E-state index contributed by atoms with van der Waals surface area (Å²) in [6, 6.07) is 3.58. The molecule has 0 bridgehead atoms. The Morgan fingerprint density at radius 1 is 1.17 bits per heavy atom. The molecule has 2 aromatic rings. The molecule has 0 saturated carbocycles. The molecule has 2 N–H and O–H groups in total. The molecular formula is C11H10N4O3. The van der Waals surface area contributed by atoms with Crippen LogP contribution in [0.2, 0.25) is 0 Å². The average Bonchev–Trinajstić information content (AvgIpc) is 2.39. The van der Waals surface area contributed by atoms with E-state index in [-0.39, 0.29) is 11.8 Å². The first-order valence-electron chi connectivity index (χ1n) is 5.01. The van der Waals surface area contributed by atoms with Gasteiger partial charge >= 0.3 is 12.1 Å². The molecule has 0 aliphatic heterocycles. The minimum absolute atomic E-state index is 0.265. The van der Waals surface area contributed by atoms with E-state index in [0.29, 0.717) is 0 Å². The lowest BCUT2D eigenvalue weighted by molar-refractivity contribution is 0.209. The summed E-state index contributed by atoms with van der Waals surface area (Å²) >= 11 is 0. The first-order valence-corrected chi connectivity index (χ1v) is 5.01. The van der Waals surface area contributed by atoms with E-state index in [9.17, 15) is 4.79 Å². The van der Waals surface area contributed by atoms with Gasteiger partial charge in [-0.1, -0.05) is 0 Å². The number of anilines is 1. The predicted octanol–water partition coefficient (Wildman–Crippen LogP) is 1.64. The Morgan fingerprint density at radius 2 is 1.83 bits per heavy atom. The number of pyridine rings is 1. The SMILES string of the molecule is COc1ncc(-c2ccc(NC(=O)O)nc2)cn1. The van der Waals surface area contributed by atoms with Gasteiger partial charge in [0.1, 0.15) is 5.82 Å². The van der Waals surface area contributed by atoms with Gasteiger partial charge < -0.3 is 9.84 Å². The van der Waals surface area contributed by atoms with E-state index >= 15 is 0 Å². The largest absolute Gasteiger partial charge is 0.467 e. The molecule has 0 aliphatic carbocycles. The van der Waals surface area contributed by atoms with Crippen LogP contribution in [0.25, 0.3) is 11.1 Å². The summed E-state index contributed by atoms with van der Waals surface area (Å²) in [6.07, 6.45) is 3.60. The number of rotatable bonds is 3. The molecular weight excluding hydrogens is 236 g/mol. The molecule has 2 rings (SSSR count). The summed E-state index contributed by atoms with van der Waals surface area (Å²) in [5, 5.41) is 10.7. The highest BCUT2D eigenvalue weighted by Crippen LogP contribution is 2.18. The average molecular weight is 246 g/mol. The molecule has 0 radical (unpaired) electrons. The van der Waals surface area contributed by atoms with Crippen molar-refractivity contribution in [1.29, 1.82) is 0 Å². The van der Waals surface area contributed by atoms with E-state index in [0.717, 1.165) is 11.1 Å². The summed E-state index contributed by atoms with van der Waals surface area (Å²) < 4.78 is 4.85. The zero-order chi connectivity index (χ0) is 13.0. The van der Waals surface area contributed by atoms with Crippen molar-refractivity contribution in [3.8, 4) is 17.1 Å². The van der Waals surface area contributed by atoms with Crippen molar-refractivity contribution in [2.24, 2.45) is 0 Å². The van der Waals surface area contributed by atoms with Gasteiger partial charge in [-0.2, -0.15) is 0 Å². The third kappa shape index (κ3) is 2.70. The number of nitrogens with one attached hydrogen (secondary N) is 1. The minimum atomic E-state index is -1.15. The maximum atomic E-state index is 10.4. The molecule has 1 amide bonds. The molecule has 0 spiro atoms. The van der Waals surface area contributed by atoms with Gasteiger partial charge in [0.25, 0.3) is 0 Å². The van der Waals surface area contributed by atoms with Crippen LogP contribution in [0.1, 0.15) is 0 Å². The Bertz CT molecular complexity index is 539. The Morgan fingerprint density at radius 3 is 2.33 bits per heavy atom. The van der Waals surface area contributed by atoms with Crippen molar-refractivity contribution >= 4 is 11.9 Å². The third-order valence-corrected chi connectivity index (χ3v) is 2.14. The number of carbonyl (C=O) groups is 1. The highest BCUT2D eigenvalue weighted by molar-refractivity contribution is 5.81. The van der Waals surface area contributed by atoms with E-state index in [1.165, 1.54) is 13.3 Å². The molecule has 0 saturated heterocycles. The first kappa shape index (κ1) is 11.8. The first-order chi connectivity index (χ1) is 8.69. The third-order valence-electron chi connectivity index (χ3n) is 2.14. The van der Waals surface area contributed by atoms with E-state index in [4.69, 9.17) is 9.84 Å². The van der Waals surface area contributed by atoms with Gasteiger partial charge in [0.15, 0.2) is 0 Å². The van der Waals surface area contributed by atoms with Gasteiger partial charge in [0.05, 0.1) is 7.11 Å². The number of hydrogen-bond acceptors (Lipinski definition) is 5. The monoisotopic (exact) mass is 246 g/mol. The predicted molar refractivity (Wildman–Crippen MR) is 63.5 cm³/mol. The normalized spacial score (nSPS) is 9.83. The van der Waals surface area contributed by atoms with Crippen LogP contribution in [0.4, 0.5) is 10.6 Å². The summed E-state index contributed by atoms with van der Waals surface area (Å²) in [7, 11) is 1.49. The number of amides is 1. The summed E-state index contributed by atoms with van der Waals surface area (Å²) in [5.74, 6) is 0.265. The topological polar surface area (TPSA) is 97.2 Å². The molecule has 7 heteroatoms. The summed E-state index contributed by atoms with van der Waals surface area (Å²) in [5.41, 5.74) is 1.55. The fraction of sp³-hybridized carbons (Fsp3) is 0.0909. The fourth-order valence-electron chi connectivity index (χ4n) is 1.32. The van der Waals surface area contributed by atoms with Crippen LogP contribution in [0.15, 0.2) is 30.7 Å². The summed E-state index contributed by atoms with van der Waals surface area (Å²) in [4.78, 5) is 22.3. The zero-order valence-electron chi connectivity index (χ0n) is 9.49. The van der Waals surface area contributed by atoms with Gasteiger partial charge in [-0.3, -0.25) is 5.32 Å². The Balaban J connectivity index is 2.20. The van der Waals surface area contributed by atoms with Crippen molar-refractivity contribution < 1.29 is 14.6 Å². The van der Waals surface area contributed by atoms with E-state index < -0.39 is 6.09 Å². The van der Waals surface area contributed by atoms with Crippen molar-refractivity contribution in [3.05, 3.63) is 30.7 Å². The van der Waals surface area contributed by atoms with Crippen LogP contribution < -0.4 is 10.1 Å². The molecule has 92 valence electrons. The minimum Gasteiger partial charge on any atom is -0.467 e. The quantitative estimate of drug-likeness (QED) is 0.854. The molecule has 0 aromatic carbocycles. The van der Waals surface area contributed by atoms with Crippen LogP contribution >= 0.6 is 0 Å². The molecule has 0 atom stereocenters. The van der Waals surface area contributed by atoms with E-state index in [1.807, 2.05) is 0 Å². The Labute approximate surface area is 102 Å². The molecule has 0 aliphatic rings. The standard InChI is InChI=1S/C11H10N4O3/c1-18-10-13-5-8(6-14-10)7-2-3-9(12-4-7)15-11(16)17/h2-6H,1H3,(H,12,15)(H,16,17). The maximum Gasteiger partial charge on any atom is 0.410 e. The van der Waals surface area contributed by atoms with Crippen molar-refractivity contribution in [2.45, 2.75) is 0 Å². The summed E-state index contributed by atoms with van der Waals surface area (Å²) in [6.45, 7) is 0. The highest BCUT2D eigenvalue weighted by atomic mass is 16.5. The molecule has 2 heterocycles. The van der Waals surface area contributed by atoms with Gasteiger partial charge in [-0.05, 0) is 12.1 Å². The van der Waals surface area contributed by atoms with Crippen LogP contribution in [0, 0.1) is 0 Å². The van der Waals surface area contributed by atoms with Gasteiger partial charge in [-0.25, -0.2) is 19.7 Å². The van der Waals surface area contributed by atoms with Crippen LogP contribution in [-0.4, -0.2) is 33.3 Å². The lowest BCUT2D eigenvalue weighted by atomic mass is 10.1. The van der Waals surface area contributed by atoms with Crippen molar-refractivity contribution in [1.82, 2.24) is 15.0 Å². The zero-order valence-corrected chi connectivity index (χ0v) is 9.49. The fourth-order valence-corrected chi connectivity index (χ4v) is 1.32. The number of ether oxygens (including phenoxy) is 1. The Hall–Kier alpha value is -2.70. The van der Waals surface area contributed by atoms with Gasteiger partial charge in [0, 0.05) is 29.7 Å². The number of nitrogens with zero attached hydrogens (tertiary/aromatic N) is 3. The Kier molecular flexibility index (Phi) is 3.33. The smallest absolute Gasteiger partial charge is 0.410 e. The second kappa shape index (κ2) is 5.09. The second-order valence-corrected chi connectivity index (χ2v) is 3.32. The van der Waals surface area contributed by atoms with Crippen LogP contribution in [0.3, 0.4) is 0 Å². The number of methoxy groups -OCH3 is 1.